The molecule has 1 N–H and O–H groups in total. The van der Waals surface area contributed by atoms with E-state index in [1.807, 2.05) is 6.92 Å². The monoisotopic (exact) mass is 617 g/mol. The lowest BCUT2D eigenvalue weighted by molar-refractivity contribution is -0.139. The van der Waals surface area contributed by atoms with Gasteiger partial charge in [0.05, 0.1) is 30.5 Å². The third-order valence-electron chi connectivity index (χ3n) is 8.31. The van der Waals surface area contributed by atoms with Crippen molar-refractivity contribution in [3.05, 3.63) is 82.4 Å². The van der Waals surface area contributed by atoms with E-state index in [0.29, 0.717) is 48.0 Å². The molecule has 6 rings (SSSR count). The summed E-state index contributed by atoms with van der Waals surface area (Å²) < 4.78 is 21.1. The fourth-order valence-corrected chi connectivity index (χ4v) is 6.22. The molecule has 0 spiro atoms. The number of cyclic esters (lactones) is 1. The molecule has 2 aliphatic heterocycles. The Labute approximate surface area is 259 Å². The number of hydrogen-bond donors (Lipinski definition) is 1. The second-order valence-electron chi connectivity index (χ2n) is 11.7. The van der Waals surface area contributed by atoms with Crippen molar-refractivity contribution in [3.8, 4) is 5.75 Å². The van der Waals surface area contributed by atoms with Gasteiger partial charge in [-0.1, -0.05) is 24.3 Å². The Bertz CT molecular complexity index is 1490. The fraction of sp³-hybridized carbons (Fsp3) is 0.424. The van der Waals surface area contributed by atoms with Gasteiger partial charge in [-0.15, -0.1) is 0 Å². The van der Waals surface area contributed by atoms with E-state index >= 15 is 0 Å². The fourth-order valence-electron chi connectivity index (χ4n) is 5.72. The van der Waals surface area contributed by atoms with Gasteiger partial charge in [-0.05, 0) is 91.5 Å². The zero-order valence-electron chi connectivity index (χ0n) is 24.5. The number of carbonyl (C=O) groups excluding carboxylic acids is 4. The number of likely N-dealkylation sites (tertiary alicyclic amines) is 1. The predicted molar refractivity (Wildman–Crippen MR) is 161 cm³/mol. The normalized spacial score (nSPS) is 21.2. The highest BCUT2D eigenvalue weighted by Crippen LogP contribution is 2.40. The van der Waals surface area contributed by atoms with Crippen LogP contribution in [-0.4, -0.2) is 64.9 Å². The lowest BCUT2D eigenvalue weighted by Gasteiger charge is -2.33. The van der Waals surface area contributed by atoms with Crippen LogP contribution in [0.4, 0.5) is 0 Å². The van der Waals surface area contributed by atoms with E-state index in [1.54, 1.807) is 41.4 Å². The molecule has 1 saturated carbocycles. The van der Waals surface area contributed by atoms with E-state index in [4.69, 9.17) is 14.2 Å². The zero-order chi connectivity index (χ0) is 30.6. The van der Waals surface area contributed by atoms with Crippen LogP contribution in [0.1, 0.15) is 82.2 Å². The molecule has 3 fully saturated rings. The van der Waals surface area contributed by atoms with Gasteiger partial charge in [0.15, 0.2) is 0 Å². The molecule has 0 bridgehead atoms. The Kier molecular flexibility index (Phi) is 8.92. The van der Waals surface area contributed by atoms with Crippen LogP contribution >= 0.6 is 11.5 Å². The van der Waals surface area contributed by atoms with Gasteiger partial charge in [0.2, 0.25) is 5.91 Å². The Hall–Kier alpha value is -4.25. The number of aromatic nitrogens is 1. The molecule has 3 aromatic rings. The number of piperidine rings is 1. The van der Waals surface area contributed by atoms with Gasteiger partial charge in [0.25, 0.3) is 5.91 Å². The van der Waals surface area contributed by atoms with Crippen LogP contribution in [0.25, 0.3) is 0 Å². The molecule has 2 saturated heterocycles. The predicted octanol–water partition coefficient (Wildman–Crippen LogP) is 4.67. The maximum atomic E-state index is 13.0. The molecule has 11 heteroatoms. The molecule has 3 aliphatic rings. The molecule has 10 nitrogen and oxygen atoms in total. The number of rotatable bonds is 10. The smallest absolute Gasteiger partial charge is 0.338 e. The second-order valence-corrected chi connectivity index (χ2v) is 12.5. The SMILES string of the molecule is C[C@H](NC(=O)c1ccns1)[C@H](Oc1ccc(C(=O)O[C@H]2CCCN(C(=O)[C@H]3COC(=O)C3)C2)cc1)c1ccc(C2CC2)cc1. The first kappa shape index (κ1) is 29.8. The van der Waals surface area contributed by atoms with E-state index < -0.39 is 24.1 Å². The minimum Gasteiger partial charge on any atom is -0.484 e. The highest BCUT2D eigenvalue weighted by Gasteiger charge is 2.36. The standard InChI is InChI=1S/C33H35N3O7S/c1-20(35-31(38)28-14-15-34-44-28)30(23-8-6-22(7-9-23)21-4-5-21)42-26-12-10-24(11-13-26)33(40)43-27-3-2-16-36(18-27)32(39)25-17-29(37)41-19-25/h6-15,20-21,25,27,30H,2-5,16-19H2,1H3,(H,35,38)/t20-,25+,27-,30-/m0/s1. The summed E-state index contributed by atoms with van der Waals surface area (Å²) in [6.45, 7) is 2.87. The lowest BCUT2D eigenvalue weighted by Crippen LogP contribution is -2.46. The average Bonchev–Trinajstić information content (AvgIpc) is 3.55. The molecule has 2 amide bonds. The Morgan fingerprint density at radius 3 is 2.48 bits per heavy atom. The molecule has 4 atom stereocenters. The van der Waals surface area contributed by atoms with Crippen LogP contribution in [0.3, 0.4) is 0 Å². The van der Waals surface area contributed by atoms with Crippen molar-refractivity contribution in [2.75, 3.05) is 19.7 Å². The van der Waals surface area contributed by atoms with Crippen molar-refractivity contribution in [2.24, 2.45) is 5.92 Å². The van der Waals surface area contributed by atoms with Gasteiger partial charge < -0.3 is 24.4 Å². The number of benzene rings is 2. The van der Waals surface area contributed by atoms with E-state index in [-0.39, 0.29) is 36.9 Å². The largest absolute Gasteiger partial charge is 0.484 e. The molecule has 1 aliphatic carbocycles. The summed E-state index contributed by atoms with van der Waals surface area (Å²) in [6, 6.07) is 16.4. The molecule has 2 aromatic carbocycles. The van der Waals surface area contributed by atoms with Crippen molar-refractivity contribution in [2.45, 2.75) is 63.2 Å². The average molecular weight is 618 g/mol. The van der Waals surface area contributed by atoms with Gasteiger partial charge >= 0.3 is 11.9 Å². The number of hydrogen-bond acceptors (Lipinski definition) is 9. The number of amides is 2. The van der Waals surface area contributed by atoms with Crippen molar-refractivity contribution in [3.63, 3.8) is 0 Å². The number of carbonyl (C=O) groups is 4. The lowest BCUT2D eigenvalue weighted by atomic mass is 10.00. The molecular weight excluding hydrogens is 582 g/mol. The summed E-state index contributed by atoms with van der Waals surface area (Å²) in [5, 5.41) is 3.04. The van der Waals surface area contributed by atoms with Gasteiger partial charge in [-0.2, -0.15) is 0 Å². The second kappa shape index (κ2) is 13.2. The third kappa shape index (κ3) is 7.10. The maximum Gasteiger partial charge on any atom is 0.338 e. The van der Waals surface area contributed by atoms with Gasteiger partial charge in [0.1, 0.15) is 29.4 Å². The molecule has 1 aromatic heterocycles. The molecule has 3 heterocycles. The third-order valence-corrected chi connectivity index (χ3v) is 9.06. The topological polar surface area (TPSA) is 124 Å². The first-order valence-electron chi connectivity index (χ1n) is 15.1. The van der Waals surface area contributed by atoms with Crippen molar-refractivity contribution < 1.29 is 33.4 Å². The van der Waals surface area contributed by atoms with Crippen LogP contribution in [-0.2, 0) is 19.1 Å². The van der Waals surface area contributed by atoms with E-state index in [1.165, 1.54) is 18.4 Å². The number of ether oxygens (including phenoxy) is 3. The van der Waals surface area contributed by atoms with Crippen molar-refractivity contribution >= 4 is 35.3 Å². The first-order valence-corrected chi connectivity index (χ1v) is 15.8. The molecule has 0 unspecified atom stereocenters. The Morgan fingerprint density at radius 1 is 1.05 bits per heavy atom. The van der Waals surface area contributed by atoms with Gasteiger partial charge in [-0.3, -0.25) is 14.4 Å². The molecular formula is C33H35N3O7S. The summed E-state index contributed by atoms with van der Waals surface area (Å²) in [4.78, 5) is 52.2. The van der Waals surface area contributed by atoms with Crippen molar-refractivity contribution in [1.29, 1.82) is 0 Å². The quantitative estimate of drug-likeness (QED) is 0.326. The van der Waals surface area contributed by atoms with Crippen molar-refractivity contribution in [1.82, 2.24) is 14.6 Å². The number of nitrogens with one attached hydrogen (secondary N) is 1. The van der Waals surface area contributed by atoms with E-state index in [2.05, 4.69) is 34.0 Å². The van der Waals surface area contributed by atoms with Crippen LogP contribution < -0.4 is 10.1 Å². The van der Waals surface area contributed by atoms with E-state index in [9.17, 15) is 19.2 Å². The Balaban J connectivity index is 1.09. The highest BCUT2D eigenvalue weighted by atomic mass is 32.1. The molecule has 0 radical (unpaired) electrons. The summed E-state index contributed by atoms with van der Waals surface area (Å²) in [5.41, 5.74) is 2.61. The molecule has 44 heavy (non-hydrogen) atoms. The van der Waals surface area contributed by atoms with Crippen LogP contribution in [0.5, 0.6) is 5.75 Å². The van der Waals surface area contributed by atoms with E-state index in [0.717, 1.165) is 17.1 Å². The number of esters is 2. The van der Waals surface area contributed by atoms with Gasteiger partial charge in [-0.25, -0.2) is 9.17 Å². The minimum absolute atomic E-state index is 0.0953. The molecule has 230 valence electrons. The van der Waals surface area contributed by atoms with Crippen LogP contribution in [0.15, 0.2) is 60.8 Å². The summed E-state index contributed by atoms with van der Waals surface area (Å²) in [6.07, 6.45) is 4.57. The summed E-state index contributed by atoms with van der Waals surface area (Å²) in [7, 11) is 0. The highest BCUT2D eigenvalue weighted by molar-refractivity contribution is 7.08. The zero-order valence-corrected chi connectivity index (χ0v) is 25.3. The first-order chi connectivity index (χ1) is 21.3. The summed E-state index contributed by atoms with van der Waals surface area (Å²) in [5.74, 6) is -0.477. The number of nitrogens with zero attached hydrogens (tertiary/aromatic N) is 2. The maximum absolute atomic E-state index is 13.0. The minimum atomic E-state index is -0.482. The van der Waals surface area contributed by atoms with Crippen LogP contribution in [0.2, 0.25) is 0 Å². The Morgan fingerprint density at radius 2 is 1.82 bits per heavy atom. The van der Waals surface area contributed by atoms with Gasteiger partial charge in [0, 0.05) is 12.7 Å². The van der Waals surface area contributed by atoms with Crippen LogP contribution in [0, 0.1) is 5.92 Å². The summed E-state index contributed by atoms with van der Waals surface area (Å²) >= 11 is 1.14.